The molecule has 1 aromatic heterocycles. The number of hydrogen-bond donors (Lipinski definition) is 2. The zero-order valence-corrected chi connectivity index (χ0v) is 17.4. The van der Waals surface area contributed by atoms with Crippen LogP contribution >= 0.6 is 22.9 Å². The van der Waals surface area contributed by atoms with Crippen molar-refractivity contribution in [2.24, 2.45) is 0 Å². The van der Waals surface area contributed by atoms with Crippen LogP contribution in [0.15, 0.2) is 42.5 Å². The second kappa shape index (κ2) is 9.48. The highest BCUT2D eigenvalue weighted by atomic mass is 35.5. The maximum atomic E-state index is 14.0. The van der Waals surface area contributed by atoms with Crippen molar-refractivity contribution in [3.63, 3.8) is 0 Å². The van der Waals surface area contributed by atoms with Crippen LogP contribution in [-0.4, -0.2) is 16.2 Å². The third-order valence-corrected chi connectivity index (χ3v) is 5.07. The number of nitrogens with zero attached hydrogens (tertiary/aromatic N) is 2. The minimum absolute atomic E-state index is 0.0857. The van der Waals surface area contributed by atoms with Crippen molar-refractivity contribution < 1.29 is 27.1 Å². The second-order valence-corrected chi connectivity index (χ2v) is 7.80. The Hall–Kier alpha value is -2.92. The number of amides is 2. The van der Waals surface area contributed by atoms with Gasteiger partial charge in [0.05, 0.1) is 11.6 Å². The number of benzene rings is 2. The molecule has 0 spiro atoms. The average Bonchev–Trinajstić information content (AvgIpc) is 3.13. The first-order valence-electron chi connectivity index (χ1n) is 8.76. The molecule has 12 heteroatoms. The lowest BCUT2D eigenvalue weighted by Crippen LogP contribution is -2.31. The maximum absolute atomic E-state index is 14.0. The van der Waals surface area contributed by atoms with Gasteiger partial charge in [-0.05, 0) is 43.3 Å². The molecule has 2 amide bonds. The topological polar surface area (TPSA) is 76.1 Å². The molecule has 0 saturated carbocycles. The predicted octanol–water partition coefficient (Wildman–Crippen LogP) is 5.81. The summed E-state index contributed by atoms with van der Waals surface area (Å²) < 4.78 is 57.5. The van der Waals surface area contributed by atoms with Gasteiger partial charge in [-0.2, -0.15) is 13.2 Å². The van der Waals surface area contributed by atoms with Crippen molar-refractivity contribution in [3.05, 3.63) is 69.4 Å². The Morgan fingerprint density at radius 2 is 1.90 bits per heavy atom. The van der Waals surface area contributed by atoms with E-state index in [1.165, 1.54) is 6.92 Å². The third-order valence-electron chi connectivity index (χ3n) is 4.01. The second-order valence-electron chi connectivity index (χ2n) is 6.30. The average molecular weight is 475 g/mol. The van der Waals surface area contributed by atoms with E-state index < -0.39 is 29.6 Å². The van der Waals surface area contributed by atoms with E-state index in [0.29, 0.717) is 21.8 Å². The molecule has 3 rings (SSSR count). The molecule has 6 nitrogen and oxygen atoms in total. The van der Waals surface area contributed by atoms with Crippen molar-refractivity contribution in [3.8, 4) is 5.75 Å². The van der Waals surface area contributed by atoms with E-state index >= 15 is 0 Å². The van der Waals surface area contributed by atoms with Crippen LogP contribution in [0.25, 0.3) is 0 Å². The molecule has 0 fully saturated rings. The van der Waals surface area contributed by atoms with Gasteiger partial charge in [0.15, 0.2) is 5.01 Å². The molecule has 164 valence electrons. The number of anilines is 1. The Kier molecular flexibility index (Phi) is 6.96. The summed E-state index contributed by atoms with van der Waals surface area (Å²) in [5.74, 6) is -0.487. The van der Waals surface area contributed by atoms with Crippen LogP contribution < -0.4 is 15.4 Å². The summed E-state index contributed by atoms with van der Waals surface area (Å²) in [5, 5.41) is 13.8. The molecule has 2 aromatic carbocycles. The molecule has 0 aliphatic rings. The Morgan fingerprint density at radius 3 is 2.55 bits per heavy atom. The number of hydrogen-bond acceptors (Lipinski definition) is 5. The fourth-order valence-electron chi connectivity index (χ4n) is 2.50. The number of rotatable bonds is 6. The minimum atomic E-state index is -4.65. The zero-order valence-electron chi connectivity index (χ0n) is 15.8. The van der Waals surface area contributed by atoms with Crippen molar-refractivity contribution in [1.29, 1.82) is 0 Å². The van der Waals surface area contributed by atoms with Crippen molar-refractivity contribution in [1.82, 2.24) is 15.5 Å². The summed E-state index contributed by atoms with van der Waals surface area (Å²) in [6.45, 7) is 1.56. The first kappa shape index (κ1) is 22.8. The molecule has 1 atom stereocenters. The van der Waals surface area contributed by atoms with Crippen LogP contribution in [0.2, 0.25) is 5.02 Å². The summed E-state index contributed by atoms with van der Waals surface area (Å²) in [5.41, 5.74) is -1.19. The molecule has 1 heterocycles. The van der Waals surface area contributed by atoms with E-state index in [1.807, 2.05) is 0 Å². The number of carbonyl (C=O) groups is 1. The Balaban J connectivity index is 1.54. The van der Waals surface area contributed by atoms with Crippen LogP contribution in [-0.2, 0) is 12.8 Å². The van der Waals surface area contributed by atoms with E-state index in [1.54, 1.807) is 24.3 Å². The standard InChI is InChI=1S/C19H15ClF4N4O2S/c1-10(14-7-2-11(8-15(14)21)19(22,23)24)25-17(29)26-18-28-27-16(31-18)9-30-13-5-3-12(20)4-6-13/h2-8,10H,9H2,1H3,(H2,25,26,28,29). The predicted molar refractivity (Wildman–Crippen MR) is 108 cm³/mol. The summed E-state index contributed by atoms with van der Waals surface area (Å²) >= 11 is 6.87. The molecule has 31 heavy (non-hydrogen) atoms. The highest BCUT2D eigenvalue weighted by molar-refractivity contribution is 7.15. The summed E-state index contributed by atoms with van der Waals surface area (Å²) in [7, 11) is 0. The monoisotopic (exact) mass is 474 g/mol. The normalized spacial score (nSPS) is 12.3. The van der Waals surface area contributed by atoms with Gasteiger partial charge in [0.1, 0.15) is 18.2 Å². The van der Waals surface area contributed by atoms with Crippen LogP contribution in [0.5, 0.6) is 5.75 Å². The van der Waals surface area contributed by atoms with Gasteiger partial charge in [0, 0.05) is 10.6 Å². The summed E-state index contributed by atoms with van der Waals surface area (Å²) in [6.07, 6.45) is -4.65. The van der Waals surface area contributed by atoms with Gasteiger partial charge in [-0.1, -0.05) is 29.0 Å². The molecule has 0 bridgehead atoms. The summed E-state index contributed by atoms with van der Waals surface area (Å²) in [6, 6.07) is 7.27. The number of alkyl halides is 3. The zero-order chi connectivity index (χ0) is 22.6. The van der Waals surface area contributed by atoms with Crippen LogP contribution in [0.3, 0.4) is 0 Å². The molecule has 2 N–H and O–H groups in total. The first-order chi connectivity index (χ1) is 14.6. The van der Waals surface area contributed by atoms with Crippen LogP contribution in [0, 0.1) is 5.82 Å². The van der Waals surface area contributed by atoms with E-state index in [-0.39, 0.29) is 17.3 Å². The molecule has 0 saturated heterocycles. The lowest BCUT2D eigenvalue weighted by atomic mass is 10.1. The van der Waals surface area contributed by atoms with Gasteiger partial charge in [0.25, 0.3) is 0 Å². The fraction of sp³-hybridized carbons (Fsp3) is 0.211. The first-order valence-corrected chi connectivity index (χ1v) is 9.96. The largest absolute Gasteiger partial charge is 0.486 e. The van der Waals surface area contributed by atoms with E-state index in [4.69, 9.17) is 16.3 Å². The highest BCUT2D eigenvalue weighted by Crippen LogP contribution is 2.31. The fourth-order valence-corrected chi connectivity index (χ4v) is 3.27. The van der Waals surface area contributed by atoms with E-state index in [0.717, 1.165) is 23.5 Å². The molecule has 0 radical (unpaired) electrons. The van der Waals surface area contributed by atoms with Crippen molar-refractivity contribution >= 4 is 34.1 Å². The number of carbonyl (C=O) groups excluding carboxylic acids is 1. The maximum Gasteiger partial charge on any atom is 0.416 e. The van der Waals surface area contributed by atoms with Gasteiger partial charge in [-0.25, -0.2) is 9.18 Å². The van der Waals surface area contributed by atoms with Gasteiger partial charge in [-0.3, -0.25) is 5.32 Å². The molecular weight excluding hydrogens is 460 g/mol. The van der Waals surface area contributed by atoms with Gasteiger partial charge < -0.3 is 10.1 Å². The van der Waals surface area contributed by atoms with Crippen LogP contribution in [0.1, 0.15) is 29.1 Å². The number of halogens is 5. The Labute approximate surface area is 183 Å². The molecule has 3 aromatic rings. The van der Waals surface area contributed by atoms with Gasteiger partial charge >= 0.3 is 12.2 Å². The molecule has 0 aliphatic carbocycles. The molecular formula is C19H15ClF4N4O2S. The molecule has 0 aliphatic heterocycles. The van der Waals surface area contributed by atoms with Gasteiger partial charge in [0.2, 0.25) is 5.13 Å². The smallest absolute Gasteiger partial charge is 0.416 e. The lowest BCUT2D eigenvalue weighted by Gasteiger charge is -2.16. The van der Waals surface area contributed by atoms with Gasteiger partial charge in [-0.15, -0.1) is 10.2 Å². The molecule has 1 unspecified atom stereocenters. The Morgan fingerprint density at radius 1 is 1.19 bits per heavy atom. The minimum Gasteiger partial charge on any atom is -0.486 e. The highest BCUT2D eigenvalue weighted by Gasteiger charge is 2.31. The quantitative estimate of drug-likeness (QED) is 0.442. The number of urea groups is 1. The van der Waals surface area contributed by atoms with Crippen molar-refractivity contribution in [2.75, 3.05) is 5.32 Å². The van der Waals surface area contributed by atoms with E-state index in [2.05, 4.69) is 20.8 Å². The number of aromatic nitrogens is 2. The number of nitrogens with one attached hydrogen (secondary N) is 2. The van der Waals surface area contributed by atoms with Crippen molar-refractivity contribution in [2.45, 2.75) is 25.7 Å². The lowest BCUT2D eigenvalue weighted by molar-refractivity contribution is -0.137. The van der Waals surface area contributed by atoms with E-state index in [9.17, 15) is 22.4 Å². The summed E-state index contributed by atoms with van der Waals surface area (Å²) in [4.78, 5) is 12.1. The Bertz CT molecular complexity index is 1060. The third kappa shape index (κ3) is 6.28. The number of ether oxygens (including phenoxy) is 1. The van der Waals surface area contributed by atoms with Crippen LogP contribution in [0.4, 0.5) is 27.5 Å². The SMILES string of the molecule is CC(NC(=O)Nc1nnc(COc2ccc(Cl)cc2)s1)c1ccc(C(F)(F)F)cc1F.